The molecule has 72 valence electrons. The van der Waals surface area contributed by atoms with E-state index in [1.54, 1.807) is 13.2 Å². The van der Waals surface area contributed by atoms with Gasteiger partial charge in [0, 0.05) is 19.4 Å². The van der Waals surface area contributed by atoms with Crippen molar-refractivity contribution < 1.29 is 9.13 Å². The molecule has 2 nitrogen and oxygen atoms in total. The molecule has 0 atom stereocenters. The van der Waals surface area contributed by atoms with Crippen LogP contribution in [0.15, 0.2) is 18.3 Å². The molecule has 0 aromatic carbocycles. The van der Waals surface area contributed by atoms with Gasteiger partial charge in [-0.05, 0) is 31.4 Å². The van der Waals surface area contributed by atoms with Crippen LogP contribution in [0.5, 0.6) is 0 Å². The van der Waals surface area contributed by atoms with Gasteiger partial charge in [0.2, 0.25) is 0 Å². The minimum atomic E-state index is -0.277. The van der Waals surface area contributed by atoms with Gasteiger partial charge in [0.1, 0.15) is 5.82 Å². The Labute approximate surface area is 77.8 Å². The number of pyridine rings is 1. The summed E-state index contributed by atoms with van der Waals surface area (Å²) in [5, 5.41) is 0. The van der Waals surface area contributed by atoms with Crippen LogP contribution in [-0.4, -0.2) is 18.7 Å². The number of hydrogen-bond acceptors (Lipinski definition) is 2. The lowest BCUT2D eigenvalue weighted by molar-refractivity contribution is 0.193. The van der Waals surface area contributed by atoms with Gasteiger partial charge >= 0.3 is 0 Å². The topological polar surface area (TPSA) is 22.1 Å². The molecule has 0 aliphatic rings. The van der Waals surface area contributed by atoms with Crippen LogP contribution in [0.4, 0.5) is 4.39 Å². The van der Waals surface area contributed by atoms with E-state index in [2.05, 4.69) is 4.98 Å². The van der Waals surface area contributed by atoms with Gasteiger partial charge in [-0.1, -0.05) is 0 Å². The van der Waals surface area contributed by atoms with E-state index in [0.717, 1.165) is 31.6 Å². The van der Waals surface area contributed by atoms with Crippen LogP contribution in [0, 0.1) is 5.82 Å². The number of unbranched alkanes of at least 4 members (excludes halogenated alkanes) is 1. The standard InChI is InChI=1S/C10H14FNO/c1-13-7-3-2-4-10-6-5-9(11)8-12-10/h5-6,8H,2-4,7H2,1H3. The number of rotatable bonds is 5. The molecule has 0 saturated carbocycles. The van der Waals surface area contributed by atoms with Crippen molar-refractivity contribution in [2.24, 2.45) is 0 Å². The average Bonchev–Trinajstić information content (AvgIpc) is 2.15. The van der Waals surface area contributed by atoms with E-state index in [4.69, 9.17) is 4.74 Å². The average molecular weight is 183 g/mol. The number of aryl methyl sites for hydroxylation is 1. The minimum absolute atomic E-state index is 0.277. The van der Waals surface area contributed by atoms with Crippen LogP contribution in [-0.2, 0) is 11.2 Å². The number of hydrogen-bond donors (Lipinski definition) is 0. The molecule has 0 aliphatic carbocycles. The molecule has 0 N–H and O–H groups in total. The molecule has 0 fully saturated rings. The monoisotopic (exact) mass is 183 g/mol. The van der Waals surface area contributed by atoms with Gasteiger partial charge in [-0.3, -0.25) is 4.98 Å². The first-order chi connectivity index (χ1) is 6.33. The molecule has 1 rings (SSSR count). The number of ether oxygens (including phenoxy) is 1. The third-order valence-electron chi connectivity index (χ3n) is 1.82. The van der Waals surface area contributed by atoms with Crippen molar-refractivity contribution in [2.45, 2.75) is 19.3 Å². The van der Waals surface area contributed by atoms with E-state index < -0.39 is 0 Å². The summed E-state index contributed by atoms with van der Waals surface area (Å²) in [6.45, 7) is 0.779. The fourth-order valence-electron chi connectivity index (χ4n) is 1.11. The van der Waals surface area contributed by atoms with Gasteiger partial charge in [0.15, 0.2) is 0 Å². The van der Waals surface area contributed by atoms with Crippen molar-refractivity contribution in [3.8, 4) is 0 Å². The summed E-state index contributed by atoms with van der Waals surface area (Å²) in [6.07, 6.45) is 4.21. The quantitative estimate of drug-likeness (QED) is 0.653. The van der Waals surface area contributed by atoms with Crippen LogP contribution in [0.3, 0.4) is 0 Å². The van der Waals surface area contributed by atoms with Crippen LogP contribution >= 0.6 is 0 Å². The second kappa shape index (κ2) is 5.65. The van der Waals surface area contributed by atoms with E-state index in [9.17, 15) is 4.39 Å². The van der Waals surface area contributed by atoms with Crippen LogP contribution in [0.1, 0.15) is 18.5 Å². The van der Waals surface area contributed by atoms with Crippen molar-refractivity contribution >= 4 is 0 Å². The normalized spacial score (nSPS) is 10.3. The Morgan fingerprint density at radius 1 is 1.38 bits per heavy atom. The van der Waals surface area contributed by atoms with Crippen LogP contribution < -0.4 is 0 Å². The molecular formula is C10H14FNO. The lowest BCUT2D eigenvalue weighted by Gasteiger charge is -1.99. The van der Waals surface area contributed by atoms with Crippen LogP contribution in [0.2, 0.25) is 0 Å². The van der Waals surface area contributed by atoms with E-state index in [1.165, 1.54) is 12.3 Å². The second-order valence-corrected chi connectivity index (χ2v) is 2.92. The van der Waals surface area contributed by atoms with E-state index in [1.807, 2.05) is 0 Å². The van der Waals surface area contributed by atoms with E-state index in [0.29, 0.717) is 0 Å². The smallest absolute Gasteiger partial charge is 0.141 e. The van der Waals surface area contributed by atoms with Crippen molar-refractivity contribution in [1.29, 1.82) is 0 Å². The molecule has 0 radical (unpaired) electrons. The molecule has 0 spiro atoms. The maximum absolute atomic E-state index is 12.4. The Morgan fingerprint density at radius 2 is 2.23 bits per heavy atom. The third-order valence-corrected chi connectivity index (χ3v) is 1.82. The summed E-state index contributed by atoms with van der Waals surface area (Å²) in [4.78, 5) is 3.96. The summed E-state index contributed by atoms with van der Waals surface area (Å²) in [5.74, 6) is -0.277. The first kappa shape index (κ1) is 10.1. The van der Waals surface area contributed by atoms with E-state index in [-0.39, 0.29) is 5.82 Å². The molecule has 1 heterocycles. The van der Waals surface area contributed by atoms with Crippen molar-refractivity contribution in [3.05, 3.63) is 29.8 Å². The molecule has 1 aromatic rings. The summed E-state index contributed by atoms with van der Waals surface area (Å²) < 4.78 is 17.4. The molecule has 0 saturated heterocycles. The van der Waals surface area contributed by atoms with Crippen molar-refractivity contribution in [2.75, 3.05) is 13.7 Å². The van der Waals surface area contributed by atoms with Crippen molar-refractivity contribution in [1.82, 2.24) is 4.98 Å². The highest BCUT2D eigenvalue weighted by atomic mass is 19.1. The molecule has 0 amide bonds. The summed E-state index contributed by atoms with van der Waals surface area (Å²) in [5.41, 5.74) is 0.942. The first-order valence-corrected chi connectivity index (χ1v) is 4.42. The molecule has 0 unspecified atom stereocenters. The molecule has 1 aromatic heterocycles. The number of methoxy groups -OCH3 is 1. The zero-order valence-electron chi connectivity index (χ0n) is 7.79. The SMILES string of the molecule is COCCCCc1ccc(F)cn1. The highest BCUT2D eigenvalue weighted by Gasteiger charge is 1.95. The molecule has 13 heavy (non-hydrogen) atoms. The Bertz CT molecular complexity index is 235. The van der Waals surface area contributed by atoms with E-state index >= 15 is 0 Å². The maximum atomic E-state index is 12.4. The molecule has 3 heteroatoms. The predicted octanol–water partition coefficient (Wildman–Crippen LogP) is 2.19. The van der Waals surface area contributed by atoms with Gasteiger partial charge < -0.3 is 4.74 Å². The van der Waals surface area contributed by atoms with Gasteiger partial charge in [0.05, 0.1) is 6.20 Å². The fraction of sp³-hybridized carbons (Fsp3) is 0.500. The largest absolute Gasteiger partial charge is 0.385 e. The summed E-state index contributed by atoms with van der Waals surface area (Å²) in [6, 6.07) is 3.17. The summed E-state index contributed by atoms with van der Waals surface area (Å²) >= 11 is 0. The van der Waals surface area contributed by atoms with Crippen molar-refractivity contribution in [3.63, 3.8) is 0 Å². The number of aromatic nitrogens is 1. The highest BCUT2D eigenvalue weighted by Crippen LogP contribution is 2.03. The number of halogens is 1. The lowest BCUT2D eigenvalue weighted by Crippen LogP contribution is -1.93. The highest BCUT2D eigenvalue weighted by molar-refractivity contribution is 5.05. The molecule has 0 aliphatic heterocycles. The molecular weight excluding hydrogens is 169 g/mol. The van der Waals surface area contributed by atoms with Gasteiger partial charge in [-0.25, -0.2) is 4.39 Å². The Balaban J connectivity index is 2.25. The number of nitrogens with zero attached hydrogens (tertiary/aromatic N) is 1. The first-order valence-electron chi connectivity index (χ1n) is 4.42. The summed E-state index contributed by atoms with van der Waals surface area (Å²) in [7, 11) is 1.69. The van der Waals surface area contributed by atoms with Gasteiger partial charge in [-0.2, -0.15) is 0 Å². The Hall–Kier alpha value is -0.960. The third kappa shape index (κ3) is 3.99. The van der Waals surface area contributed by atoms with Crippen LogP contribution in [0.25, 0.3) is 0 Å². The zero-order chi connectivity index (χ0) is 9.52. The Morgan fingerprint density at radius 3 is 2.85 bits per heavy atom. The zero-order valence-corrected chi connectivity index (χ0v) is 7.79. The maximum Gasteiger partial charge on any atom is 0.141 e. The fourth-order valence-corrected chi connectivity index (χ4v) is 1.11. The minimum Gasteiger partial charge on any atom is -0.385 e. The Kier molecular flexibility index (Phi) is 4.40. The second-order valence-electron chi connectivity index (χ2n) is 2.92. The lowest BCUT2D eigenvalue weighted by atomic mass is 10.2. The van der Waals surface area contributed by atoms with Gasteiger partial charge in [-0.15, -0.1) is 0 Å². The molecule has 0 bridgehead atoms. The van der Waals surface area contributed by atoms with Gasteiger partial charge in [0.25, 0.3) is 0 Å². The predicted molar refractivity (Wildman–Crippen MR) is 49.0 cm³/mol.